The molecule has 0 aliphatic carbocycles. The summed E-state index contributed by atoms with van der Waals surface area (Å²) >= 11 is 5.89. The minimum Gasteiger partial charge on any atom is -0.444 e. The molecule has 0 atom stereocenters. The lowest BCUT2D eigenvalue weighted by Gasteiger charge is -2.24. The SMILES string of the molecule is Cc1cc(Cl)cnc1CNCCCCN(C)C(=O)OC(C)(C)C. The van der Waals surface area contributed by atoms with Crippen molar-refractivity contribution in [2.45, 2.75) is 52.7 Å². The van der Waals surface area contributed by atoms with Crippen LogP contribution in [0.5, 0.6) is 0 Å². The number of halogens is 1. The highest BCUT2D eigenvalue weighted by Crippen LogP contribution is 2.12. The van der Waals surface area contributed by atoms with Crippen molar-refractivity contribution in [3.05, 3.63) is 28.5 Å². The molecule has 0 saturated heterocycles. The van der Waals surface area contributed by atoms with Gasteiger partial charge in [0.25, 0.3) is 0 Å². The number of nitrogens with one attached hydrogen (secondary N) is 1. The number of aryl methyl sites for hydroxylation is 1. The number of rotatable bonds is 7. The molecule has 0 aliphatic rings. The lowest BCUT2D eigenvalue weighted by atomic mass is 10.2. The van der Waals surface area contributed by atoms with Crippen LogP contribution in [0.4, 0.5) is 4.79 Å². The van der Waals surface area contributed by atoms with Crippen LogP contribution in [0.2, 0.25) is 5.02 Å². The normalized spacial score (nSPS) is 11.4. The van der Waals surface area contributed by atoms with E-state index in [1.165, 1.54) is 0 Å². The molecule has 1 N–H and O–H groups in total. The lowest BCUT2D eigenvalue weighted by molar-refractivity contribution is 0.0296. The van der Waals surface area contributed by atoms with Crippen molar-refractivity contribution in [3.8, 4) is 0 Å². The van der Waals surface area contributed by atoms with Gasteiger partial charge in [-0.25, -0.2) is 4.79 Å². The van der Waals surface area contributed by atoms with E-state index in [1.54, 1.807) is 18.1 Å². The van der Waals surface area contributed by atoms with E-state index in [1.807, 2.05) is 33.8 Å². The number of unbranched alkanes of at least 4 members (excludes halogenated alkanes) is 1. The molecule has 1 amide bonds. The quantitative estimate of drug-likeness (QED) is 0.767. The van der Waals surface area contributed by atoms with Crippen LogP contribution in [-0.4, -0.2) is 41.7 Å². The van der Waals surface area contributed by atoms with E-state index in [9.17, 15) is 4.79 Å². The summed E-state index contributed by atoms with van der Waals surface area (Å²) in [6.07, 6.45) is 3.31. The van der Waals surface area contributed by atoms with Crippen molar-refractivity contribution < 1.29 is 9.53 Å². The number of nitrogens with zero attached hydrogens (tertiary/aromatic N) is 2. The van der Waals surface area contributed by atoms with Gasteiger partial charge in [-0.05, 0) is 58.7 Å². The van der Waals surface area contributed by atoms with E-state index in [4.69, 9.17) is 16.3 Å². The Balaban J connectivity index is 2.17. The predicted octanol–water partition coefficient (Wildman–Crippen LogP) is 3.78. The summed E-state index contributed by atoms with van der Waals surface area (Å²) < 4.78 is 5.31. The topological polar surface area (TPSA) is 54.5 Å². The van der Waals surface area contributed by atoms with Gasteiger partial charge < -0.3 is 15.0 Å². The number of hydrogen-bond donors (Lipinski definition) is 1. The van der Waals surface area contributed by atoms with E-state index in [0.717, 1.165) is 37.2 Å². The Hall–Kier alpha value is -1.33. The monoisotopic (exact) mass is 341 g/mol. The van der Waals surface area contributed by atoms with Crippen molar-refractivity contribution in [3.63, 3.8) is 0 Å². The van der Waals surface area contributed by atoms with Crippen LogP contribution in [0.25, 0.3) is 0 Å². The molecule has 1 aromatic rings. The van der Waals surface area contributed by atoms with Gasteiger partial charge in [-0.15, -0.1) is 0 Å². The first kappa shape index (κ1) is 19.7. The Morgan fingerprint density at radius 2 is 2.09 bits per heavy atom. The Labute approximate surface area is 144 Å². The van der Waals surface area contributed by atoms with Gasteiger partial charge in [0, 0.05) is 26.3 Å². The number of hydrogen-bond acceptors (Lipinski definition) is 4. The van der Waals surface area contributed by atoms with Crippen LogP contribution in [0.15, 0.2) is 12.3 Å². The van der Waals surface area contributed by atoms with Crippen molar-refractivity contribution in [2.75, 3.05) is 20.1 Å². The van der Waals surface area contributed by atoms with Crippen LogP contribution in [0.1, 0.15) is 44.9 Å². The molecule has 0 aliphatic heterocycles. The van der Waals surface area contributed by atoms with Crippen molar-refractivity contribution in [2.24, 2.45) is 0 Å². The molecule has 0 bridgehead atoms. The fourth-order valence-electron chi connectivity index (χ4n) is 1.99. The van der Waals surface area contributed by atoms with Crippen LogP contribution < -0.4 is 5.32 Å². The van der Waals surface area contributed by atoms with E-state index in [2.05, 4.69) is 10.3 Å². The number of ether oxygens (including phenoxy) is 1. The summed E-state index contributed by atoms with van der Waals surface area (Å²) in [5.74, 6) is 0. The summed E-state index contributed by atoms with van der Waals surface area (Å²) in [6, 6.07) is 1.92. The third-order valence-electron chi connectivity index (χ3n) is 3.25. The van der Waals surface area contributed by atoms with Gasteiger partial charge in [0.1, 0.15) is 5.60 Å². The molecule has 23 heavy (non-hydrogen) atoms. The highest BCUT2D eigenvalue weighted by Gasteiger charge is 2.18. The van der Waals surface area contributed by atoms with E-state index in [0.29, 0.717) is 11.6 Å². The zero-order valence-electron chi connectivity index (χ0n) is 14.8. The average Bonchev–Trinajstić information content (AvgIpc) is 2.42. The third kappa shape index (κ3) is 8.18. The molecule has 5 nitrogen and oxygen atoms in total. The highest BCUT2D eigenvalue weighted by molar-refractivity contribution is 6.30. The number of amides is 1. The first-order chi connectivity index (χ1) is 10.7. The van der Waals surface area contributed by atoms with Crippen LogP contribution >= 0.6 is 11.6 Å². The number of carbonyl (C=O) groups is 1. The summed E-state index contributed by atoms with van der Waals surface area (Å²) in [6.45, 7) is 9.91. The molecule has 1 heterocycles. The van der Waals surface area contributed by atoms with Crippen molar-refractivity contribution in [1.29, 1.82) is 0 Å². The standard InChI is InChI=1S/C17H28ClN3O2/c1-13-10-14(18)11-20-15(13)12-19-8-6-7-9-21(5)16(22)23-17(2,3)4/h10-11,19H,6-9,12H2,1-5H3. The molecule has 130 valence electrons. The predicted molar refractivity (Wildman–Crippen MR) is 93.8 cm³/mol. The van der Waals surface area contributed by atoms with E-state index < -0.39 is 5.60 Å². The zero-order chi connectivity index (χ0) is 17.5. The van der Waals surface area contributed by atoms with E-state index in [-0.39, 0.29) is 6.09 Å². The van der Waals surface area contributed by atoms with Crippen molar-refractivity contribution >= 4 is 17.7 Å². The molecule has 1 aromatic heterocycles. The second-order valence-electron chi connectivity index (χ2n) is 6.70. The largest absolute Gasteiger partial charge is 0.444 e. The smallest absolute Gasteiger partial charge is 0.410 e. The molecule has 0 fully saturated rings. The Morgan fingerprint density at radius 1 is 1.39 bits per heavy atom. The van der Waals surface area contributed by atoms with E-state index >= 15 is 0 Å². The zero-order valence-corrected chi connectivity index (χ0v) is 15.5. The fraction of sp³-hybridized carbons (Fsp3) is 0.647. The maximum absolute atomic E-state index is 11.8. The Kier molecular flexibility index (Phi) is 7.79. The first-order valence-electron chi connectivity index (χ1n) is 7.95. The van der Waals surface area contributed by atoms with Gasteiger partial charge in [-0.1, -0.05) is 11.6 Å². The summed E-state index contributed by atoms with van der Waals surface area (Å²) in [4.78, 5) is 17.7. The average molecular weight is 342 g/mol. The Morgan fingerprint density at radius 3 is 2.70 bits per heavy atom. The maximum Gasteiger partial charge on any atom is 0.410 e. The van der Waals surface area contributed by atoms with Gasteiger partial charge in [-0.2, -0.15) is 0 Å². The molecule has 6 heteroatoms. The molecule has 0 aromatic carbocycles. The molecular formula is C17H28ClN3O2. The Bertz CT molecular complexity index is 515. The summed E-state index contributed by atoms with van der Waals surface area (Å²) in [7, 11) is 1.77. The van der Waals surface area contributed by atoms with Crippen LogP contribution in [0.3, 0.4) is 0 Å². The van der Waals surface area contributed by atoms with Gasteiger partial charge in [-0.3, -0.25) is 4.98 Å². The maximum atomic E-state index is 11.8. The molecule has 0 unspecified atom stereocenters. The number of aromatic nitrogens is 1. The molecule has 0 radical (unpaired) electrons. The van der Waals surface area contributed by atoms with Gasteiger partial charge >= 0.3 is 6.09 Å². The summed E-state index contributed by atoms with van der Waals surface area (Å²) in [5, 5.41) is 4.03. The van der Waals surface area contributed by atoms with Gasteiger partial charge in [0.2, 0.25) is 0 Å². The second-order valence-corrected chi connectivity index (χ2v) is 7.14. The van der Waals surface area contributed by atoms with Gasteiger partial charge in [0.15, 0.2) is 0 Å². The number of carbonyl (C=O) groups excluding carboxylic acids is 1. The lowest BCUT2D eigenvalue weighted by Crippen LogP contribution is -2.34. The highest BCUT2D eigenvalue weighted by atomic mass is 35.5. The molecule has 1 rings (SSSR count). The molecular weight excluding hydrogens is 314 g/mol. The minimum absolute atomic E-state index is 0.272. The number of pyridine rings is 1. The van der Waals surface area contributed by atoms with Gasteiger partial charge in [0.05, 0.1) is 10.7 Å². The van der Waals surface area contributed by atoms with Crippen molar-refractivity contribution in [1.82, 2.24) is 15.2 Å². The fourth-order valence-corrected chi connectivity index (χ4v) is 2.20. The molecule has 0 spiro atoms. The third-order valence-corrected chi connectivity index (χ3v) is 3.45. The second kappa shape index (κ2) is 9.08. The first-order valence-corrected chi connectivity index (χ1v) is 8.32. The molecule has 0 saturated carbocycles. The van der Waals surface area contributed by atoms with Crippen LogP contribution in [-0.2, 0) is 11.3 Å². The van der Waals surface area contributed by atoms with Crippen LogP contribution in [0, 0.1) is 6.92 Å². The summed E-state index contributed by atoms with van der Waals surface area (Å²) in [5.41, 5.74) is 1.66. The minimum atomic E-state index is -0.448.